The lowest BCUT2D eigenvalue weighted by Crippen LogP contribution is -2.20. The summed E-state index contributed by atoms with van der Waals surface area (Å²) in [7, 11) is 1.77. The minimum atomic E-state index is 0.111. The average molecular weight is 206 g/mol. The first-order valence-electron chi connectivity index (χ1n) is 4.29. The Bertz CT molecular complexity index is 428. The van der Waals surface area contributed by atoms with E-state index in [-0.39, 0.29) is 5.91 Å². The summed E-state index contributed by atoms with van der Waals surface area (Å²) in [5.74, 6) is 0.111. The van der Waals surface area contributed by atoms with Crippen LogP contribution in [-0.2, 0) is 11.2 Å². The maximum absolute atomic E-state index is 11.4. The van der Waals surface area contributed by atoms with Gasteiger partial charge in [0.05, 0.1) is 6.42 Å². The Kier molecular flexibility index (Phi) is 2.00. The van der Waals surface area contributed by atoms with Gasteiger partial charge in [0, 0.05) is 18.3 Å². The van der Waals surface area contributed by atoms with Gasteiger partial charge in [0.15, 0.2) is 0 Å². The summed E-state index contributed by atoms with van der Waals surface area (Å²) in [4.78, 5) is 13.4. The summed E-state index contributed by atoms with van der Waals surface area (Å²) >= 11 is 4.87. The number of carbonyl (C=O) groups is 1. The van der Waals surface area contributed by atoms with Crippen LogP contribution in [0.2, 0.25) is 0 Å². The highest BCUT2D eigenvalue weighted by atomic mass is 32.1. The molecule has 1 heterocycles. The van der Waals surface area contributed by atoms with Gasteiger partial charge in [-0.25, -0.2) is 0 Å². The first-order chi connectivity index (χ1) is 6.59. The van der Waals surface area contributed by atoms with Crippen LogP contribution in [-0.4, -0.2) is 17.9 Å². The second-order valence-corrected chi connectivity index (χ2v) is 3.78. The Morgan fingerprint density at radius 1 is 1.57 bits per heavy atom. The number of rotatable bonds is 1. The highest BCUT2D eigenvalue weighted by Gasteiger charge is 2.23. The summed E-state index contributed by atoms with van der Waals surface area (Å²) in [6.45, 7) is 0. The zero-order valence-electron chi connectivity index (χ0n) is 7.78. The van der Waals surface area contributed by atoms with Crippen LogP contribution in [0.3, 0.4) is 0 Å². The zero-order chi connectivity index (χ0) is 10.3. The topological polar surface area (TPSA) is 46.3 Å². The van der Waals surface area contributed by atoms with Crippen molar-refractivity contribution in [1.29, 1.82) is 0 Å². The first-order valence-corrected chi connectivity index (χ1v) is 4.69. The molecule has 0 saturated heterocycles. The maximum atomic E-state index is 11.4. The number of carbonyl (C=O) groups excluding carboxylic acids is 1. The number of hydrogen-bond acceptors (Lipinski definition) is 2. The van der Waals surface area contributed by atoms with E-state index in [9.17, 15) is 4.79 Å². The van der Waals surface area contributed by atoms with Gasteiger partial charge in [0.25, 0.3) is 0 Å². The van der Waals surface area contributed by atoms with Crippen LogP contribution >= 0.6 is 12.2 Å². The van der Waals surface area contributed by atoms with Crippen molar-refractivity contribution in [3.05, 3.63) is 29.3 Å². The average Bonchev–Trinajstić information content (AvgIpc) is 2.42. The Balaban J connectivity index is 2.49. The molecule has 4 heteroatoms. The van der Waals surface area contributed by atoms with Crippen LogP contribution in [0, 0.1) is 0 Å². The van der Waals surface area contributed by atoms with Gasteiger partial charge < -0.3 is 10.6 Å². The molecule has 0 bridgehead atoms. The number of fused-ring (bicyclic) bond motifs is 1. The summed E-state index contributed by atoms with van der Waals surface area (Å²) in [6.07, 6.45) is 0.447. The van der Waals surface area contributed by atoms with Gasteiger partial charge in [-0.2, -0.15) is 0 Å². The molecule has 1 aromatic carbocycles. The summed E-state index contributed by atoms with van der Waals surface area (Å²) < 4.78 is 0. The van der Waals surface area contributed by atoms with Crippen molar-refractivity contribution in [1.82, 2.24) is 0 Å². The van der Waals surface area contributed by atoms with Crippen molar-refractivity contribution >= 4 is 28.8 Å². The molecule has 1 aromatic rings. The Labute approximate surface area is 87.5 Å². The van der Waals surface area contributed by atoms with Crippen molar-refractivity contribution < 1.29 is 4.79 Å². The lowest BCUT2D eigenvalue weighted by atomic mass is 10.1. The molecule has 0 radical (unpaired) electrons. The van der Waals surface area contributed by atoms with Crippen molar-refractivity contribution in [3.63, 3.8) is 0 Å². The largest absolute Gasteiger partial charge is 0.389 e. The lowest BCUT2D eigenvalue weighted by Gasteiger charge is -2.09. The molecule has 0 fully saturated rings. The second kappa shape index (κ2) is 3.06. The smallest absolute Gasteiger partial charge is 0.231 e. The molecule has 2 rings (SSSR count). The molecule has 0 aromatic heterocycles. The van der Waals surface area contributed by atoms with Gasteiger partial charge in [-0.1, -0.05) is 12.2 Å². The van der Waals surface area contributed by atoms with E-state index in [1.165, 1.54) is 0 Å². The van der Waals surface area contributed by atoms with Crippen molar-refractivity contribution in [3.8, 4) is 0 Å². The number of nitrogens with zero attached hydrogens (tertiary/aromatic N) is 1. The second-order valence-electron chi connectivity index (χ2n) is 3.34. The fourth-order valence-electron chi connectivity index (χ4n) is 1.62. The molecule has 1 aliphatic rings. The summed E-state index contributed by atoms with van der Waals surface area (Å²) in [5.41, 5.74) is 8.29. The van der Waals surface area contributed by atoms with Crippen LogP contribution in [0.1, 0.15) is 11.1 Å². The van der Waals surface area contributed by atoms with Crippen LogP contribution in [0.25, 0.3) is 0 Å². The molecule has 0 unspecified atom stereocenters. The molecular weight excluding hydrogens is 196 g/mol. The van der Waals surface area contributed by atoms with E-state index in [4.69, 9.17) is 18.0 Å². The monoisotopic (exact) mass is 206 g/mol. The molecule has 0 atom stereocenters. The third-order valence-corrected chi connectivity index (χ3v) is 2.68. The minimum absolute atomic E-state index is 0.111. The summed E-state index contributed by atoms with van der Waals surface area (Å²) in [6, 6.07) is 5.62. The molecule has 2 N–H and O–H groups in total. The van der Waals surface area contributed by atoms with E-state index in [0.717, 1.165) is 16.8 Å². The number of thiocarbonyl (C=S) groups is 1. The number of nitrogens with two attached hydrogens (primary N) is 1. The Morgan fingerprint density at radius 3 is 2.93 bits per heavy atom. The zero-order valence-corrected chi connectivity index (χ0v) is 8.60. The van der Waals surface area contributed by atoms with Crippen LogP contribution in [0.5, 0.6) is 0 Å². The highest BCUT2D eigenvalue weighted by molar-refractivity contribution is 7.80. The quantitative estimate of drug-likeness (QED) is 0.693. The molecular formula is C10H10N2OS. The molecule has 1 aliphatic heterocycles. The van der Waals surface area contributed by atoms with Crippen LogP contribution < -0.4 is 10.6 Å². The normalized spacial score (nSPS) is 14.4. The van der Waals surface area contributed by atoms with Gasteiger partial charge in [0.1, 0.15) is 4.99 Å². The number of hydrogen-bond donors (Lipinski definition) is 1. The van der Waals surface area contributed by atoms with E-state index >= 15 is 0 Å². The van der Waals surface area contributed by atoms with Gasteiger partial charge in [-0.05, 0) is 23.8 Å². The maximum Gasteiger partial charge on any atom is 0.231 e. The van der Waals surface area contributed by atoms with Crippen molar-refractivity contribution in [2.45, 2.75) is 6.42 Å². The van der Waals surface area contributed by atoms with E-state index in [1.807, 2.05) is 18.2 Å². The van der Waals surface area contributed by atoms with E-state index in [2.05, 4.69) is 0 Å². The molecule has 3 nitrogen and oxygen atoms in total. The van der Waals surface area contributed by atoms with Gasteiger partial charge in [-0.3, -0.25) is 4.79 Å². The van der Waals surface area contributed by atoms with E-state index in [0.29, 0.717) is 11.4 Å². The number of anilines is 1. The van der Waals surface area contributed by atoms with Crippen molar-refractivity contribution in [2.24, 2.45) is 5.73 Å². The lowest BCUT2D eigenvalue weighted by molar-refractivity contribution is -0.117. The highest BCUT2D eigenvalue weighted by Crippen LogP contribution is 2.28. The third kappa shape index (κ3) is 1.28. The molecule has 0 spiro atoms. The first kappa shape index (κ1) is 9.15. The third-order valence-electron chi connectivity index (χ3n) is 2.44. The molecule has 14 heavy (non-hydrogen) atoms. The minimum Gasteiger partial charge on any atom is -0.389 e. The predicted octanol–water partition coefficient (Wildman–Crippen LogP) is 0.840. The van der Waals surface area contributed by atoms with Crippen LogP contribution in [0.4, 0.5) is 5.69 Å². The van der Waals surface area contributed by atoms with Crippen molar-refractivity contribution in [2.75, 3.05) is 11.9 Å². The van der Waals surface area contributed by atoms with Gasteiger partial charge in [-0.15, -0.1) is 0 Å². The summed E-state index contributed by atoms with van der Waals surface area (Å²) in [5, 5.41) is 0. The van der Waals surface area contributed by atoms with Gasteiger partial charge >= 0.3 is 0 Å². The predicted molar refractivity (Wildman–Crippen MR) is 59.4 cm³/mol. The molecule has 1 amide bonds. The van der Waals surface area contributed by atoms with E-state index in [1.54, 1.807) is 11.9 Å². The van der Waals surface area contributed by atoms with Gasteiger partial charge in [0.2, 0.25) is 5.91 Å². The molecule has 0 aliphatic carbocycles. The number of likely N-dealkylation sites (N-methyl/N-ethyl adjacent to an activating group) is 1. The Hall–Kier alpha value is -1.42. The SMILES string of the molecule is CN1C(=O)Cc2cc(C(N)=S)ccc21. The Morgan fingerprint density at radius 2 is 2.29 bits per heavy atom. The fourth-order valence-corrected chi connectivity index (χ4v) is 1.75. The molecule has 72 valence electrons. The fraction of sp³-hybridized carbons (Fsp3) is 0.200. The van der Waals surface area contributed by atoms with E-state index < -0.39 is 0 Å². The standard InChI is InChI=1S/C10H10N2OS/c1-12-8-3-2-6(10(11)14)4-7(8)5-9(12)13/h2-4H,5H2,1H3,(H2,11,14). The number of benzene rings is 1. The van der Waals surface area contributed by atoms with Crippen LogP contribution in [0.15, 0.2) is 18.2 Å². The molecule has 0 saturated carbocycles. The number of amides is 1.